The van der Waals surface area contributed by atoms with Crippen LogP contribution in [0.2, 0.25) is 15.1 Å². The van der Waals surface area contributed by atoms with Gasteiger partial charge >= 0.3 is 6.18 Å². The predicted octanol–water partition coefficient (Wildman–Crippen LogP) is 4.92. The van der Waals surface area contributed by atoms with Crippen molar-refractivity contribution in [3.63, 3.8) is 0 Å². The molecule has 0 spiro atoms. The van der Waals surface area contributed by atoms with Crippen molar-refractivity contribution in [1.82, 2.24) is 0 Å². The molecule has 0 N–H and O–H groups in total. The number of aliphatic imine (C=N–C) groups is 1. The van der Waals surface area contributed by atoms with E-state index in [0.717, 1.165) is 0 Å². The molecule has 0 bridgehead atoms. The van der Waals surface area contributed by atoms with Gasteiger partial charge in [0.15, 0.2) is 0 Å². The minimum absolute atomic E-state index is 0.00750. The highest BCUT2D eigenvalue weighted by atomic mass is 35.5. The summed E-state index contributed by atoms with van der Waals surface area (Å²) >= 11 is 17.3. The van der Waals surface area contributed by atoms with Crippen molar-refractivity contribution in [1.29, 1.82) is 0 Å². The van der Waals surface area contributed by atoms with Gasteiger partial charge in [0.05, 0.1) is 21.6 Å². The van der Waals surface area contributed by atoms with Crippen LogP contribution in [-0.2, 0) is 5.41 Å². The van der Waals surface area contributed by atoms with Crippen molar-refractivity contribution in [3.8, 4) is 0 Å². The van der Waals surface area contributed by atoms with E-state index in [1.54, 1.807) is 0 Å². The summed E-state index contributed by atoms with van der Waals surface area (Å²) in [6, 6.07) is 2.41. The maximum atomic E-state index is 13.3. The second-order valence-corrected chi connectivity index (χ2v) is 5.25. The number of hydrogen-bond acceptors (Lipinski definition) is 1. The van der Waals surface area contributed by atoms with Crippen molar-refractivity contribution < 1.29 is 13.2 Å². The van der Waals surface area contributed by atoms with Gasteiger partial charge in [-0.3, -0.25) is 4.99 Å². The zero-order valence-corrected chi connectivity index (χ0v) is 11.1. The molecule has 1 heterocycles. The molecule has 1 aromatic rings. The van der Waals surface area contributed by atoms with E-state index in [4.69, 9.17) is 34.8 Å². The van der Waals surface area contributed by atoms with E-state index in [1.807, 2.05) is 0 Å². The Bertz CT molecular complexity index is 480. The molecule has 2 rings (SSSR count). The molecule has 0 radical (unpaired) electrons. The lowest BCUT2D eigenvalue weighted by Crippen LogP contribution is -2.43. The topological polar surface area (TPSA) is 12.4 Å². The first kappa shape index (κ1) is 14.0. The van der Waals surface area contributed by atoms with E-state index in [1.165, 1.54) is 18.3 Å². The van der Waals surface area contributed by atoms with E-state index in [2.05, 4.69) is 4.99 Å². The summed E-state index contributed by atoms with van der Waals surface area (Å²) in [7, 11) is 0. The summed E-state index contributed by atoms with van der Waals surface area (Å²) in [4.78, 5) is 3.70. The molecule has 0 aliphatic carbocycles. The zero-order valence-electron chi connectivity index (χ0n) is 8.86. The highest BCUT2D eigenvalue weighted by molar-refractivity contribution is 6.48. The highest BCUT2D eigenvalue weighted by Gasteiger charge is 2.56. The molecular weight excluding hydrogens is 309 g/mol. The second kappa shape index (κ2) is 4.58. The summed E-state index contributed by atoms with van der Waals surface area (Å²) in [5.41, 5.74) is -2.06. The molecule has 0 fully saturated rings. The smallest absolute Gasteiger partial charge is 0.296 e. The van der Waals surface area contributed by atoms with Crippen molar-refractivity contribution in [3.05, 3.63) is 32.8 Å². The first-order chi connectivity index (χ1) is 8.28. The Hall–Kier alpha value is -0.450. The Kier molecular flexibility index (Phi) is 3.56. The van der Waals surface area contributed by atoms with Gasteiger partial charge in [-0.1, -0.05) is 34.8 Å². The molecule has 0 amide bonds. The fourth-order valence-electron chi connectivity index (χ4n) is 1.92. The lowest BCUT2D eigenvalue weighted by atomic mass is 9.78. The van der Waals surface area contributed by atoms with Gasteiger partial charge in [-0.05, 0) is 17.7 Å². The third kappa shape index (κ3) is 2.10. The standard InChI is InChI=1S/C11H7Cl3F3N/c12-7-3-6(4-8(13)9(7)14)10(11(15,16)17)1-2-18-5-10/h2-4H,1,5H2. The normalized spacial score (nSPS) is 23.7. The number of hydrogen-bond donors (Lipinski definition) is 0. The van der Waals surface area contributed by atoms with Gasteiger partial charge in [0, 0.05) is 12.6 Å². The summed E-state index contributed by atoms with van der Waals surface area (Å²) in [6.45, 7) is -0.356. The van der Waals surface area contributed by atoms with Crippen LogP contribution < -0.4 is 0 Å². The molecule has 1 aliphatic rings. The molecule has 98 valence electrons. The third-order valence-electron chi connectivity index (χ3n) is 3.01. The van der Waals surface area contributed by atoms with Gasteiger partial charge in [-0.2, -0.15) is 13.2 Å². The van der Waals surface area contributed by atoms with Crippen LogP contribution in [0.15, 0.2) is 17.1 Å². The average molecular weight is 317 g/mol. The molecule has 0 saturated heterocycles. The van der Waals surface area contributed by atoms with Gasteiger partial charge in [-0.25, -0.2) is 0 Å². The maximum absolute atomic E-state index is 13.3. The minimum atomic E-state index is -4.43. The molecule has 1 atom stereocenters. The van der Waals surface area contributed by atoms with Crippen LogP contribution in [-0.4, -0.2) is 18.9 Å². The van der Waals surface area contributed by atoms with Crippen LogP contribution in [0.4, 0.5) is 13.2 Å². The van der Waals surface area contributed by atoms with Gasteiger partial charge in [0.1, 0.15) is 5.41 Å². The Morgan fingerprint density at radius 2 is 1.67 bits per heavy atom. The van der Waals surface area contributed by atoms with Crippen LogP contribution in [0.5, 0.6) is 0 Å². The van der Waals surface area contributed by atoms with Crippen LogP contribution in [0.3, 0.4) is 0 Å². The second-order valence-electron chi connectivity index (χ2n) is 4.06. The van der Waals surface area contributed by atoms with Crippen molar-refractivity contribution >= 4 is 41.0 Å². The SMILES string of the molecule is FC(F)(F)C1(c2cc(Cl)c(Cl)c(Cl)c2)CC=NC1. The van der Waals surface area contributed by atoms with Gasteiger partial charge in [-0.15, -0.1) is 0 Å². The first-order valence-electron chi connectivity index (χ1n) is 4.98. The molecular formula is C11H7Cl3F3N. The molecule has 1 nitrogen and oxygen atoms in total. The summed E-state index contributed by atoms with van der Waals surface area (Å²) in [6.07, 6.45) is -3.38. The van der Waals surface area contributed by atoms with Gasteiger partial charge in [0.25, 0.3) is 0 Å². The third-order valence-corrected chi connectivity index (χ3v) is 4.21. The number of benzene rings is 1. The first-order valence-corrected chi connectivity index (χ1v) is 6.11. The fourth-order valence-corrected chi connectivity index (χ4v) is 2.51. The summed E-state index contributed by atoms with van der Waals surface area (Å²) in [5.74, 6) is 0. The molecule has 1 aliphatic heterocycles. The van der Waals surface area contributed by atoms with Crippen LogP contribution in [0.1, 0.15) is 12.0 Å². The molecule has 7 heteroatoms. The fraction of sp³-hybridized carbons (Fsp3) is 0.364. The van der Waals surface area contributed by atoms with Crippen LogP contribution >= 0.6 is 34.8 Å². The largest absolute Gasteiger partial charge is 0.400 e. The van der Waals surface area contributed by atoms with E-state index in [0.29, 0.717) is 0 Å². The molecule has 18 heavy (non-hydrogen) atoms. The Morgan fingerprint density at radius 1 is 1.11 bits per heavy atom. The van der Waals surface area contributed by atoms with E-state index in [9.17, 15) is 13.2 Å². The average Bonchev–Trinajstić information content (AvgIpc) is 2.74. The Labute approximate surface area is 117 Å². The van der Waals surface area contributed by atoms with Gasteiger partial charge in [0.2, 0.25) is 0 Å². The molecule has 0 saturated carbocycles. The molecule has 0 aromatic heterocycles. The van der Waals surface area contributed by atoms with Crippen molar-refractivity contribution in [2.45, 2.75) is 18.0 Å². The van der Waals surface area contributed by atoms with Crippen molar-refractivity contribution in [2.75, 3.05) is 6.54 Å². The van der Waals surface area contributed by atoms with Gasteiger partial charge < -0.3 is 0 Å². The van der Waals surface area contributed by atoms with E-state index < -0.39 is 11.6 Å². The van der Waals surface area contributed by atoms with Crippen LogP contribution in [0.25, 0.3) is 0 Å². The molecule has 1 aromatic carbocycles. The minimum Gasteiger partial charge on any atom is -0.296 e. The number of halogens is 6. The van der Waals surface area contributed by atoms with E-state index in [-0.39, 0.29) is 33.6 Å². The van der Waals surface area contributed by atoms with Crippen LogP contribution in [0, 0.1) is 0 Å². The lowest BCUT2D eigenvalue weighted by Gasteiger charge is -2.31. The van der Waals surface area contributed by atoms with E-state index >= 15 is 0 Å². The number of rotatable bonds is 1. The number of nitrogens with zero attached hydrogens (tertiary/aromatic N) is 1. The van der Waals surface area contributed by atoms with Crippen molar-refractivity contribution in [2.24, 2.45) is 4.99 Å². The Balaban J connectivity index is 2.58. The molecule has 1 unspecified atom stereocenters. The summed E-state index contributed by atoms with van der Waals surface area (Å²) < 4.78 is 39.8. The quantitative estimate of drug-likeness (QED) is 0.652. The predicted molar refractivity (Wildman–Crippen MR) is 67.2 cm³/mol. The lowest BCUT2D eigenvalue weighted by molar-refractivity contribution is -0.183. The summed E-state index contributed by atoms with van der Waals surface area (Å²) in [5, 5.41) is 0.0720. The monoisotopic (exact) mass is 315 g/mol. The zero-order chi connectivity index (χ0) is 13.6. The number of alkyl halides is 3. The maximum Gasteiger partial charge on any atom is 0.400 e. The highest BCUT2D eigenvalue weighted by Crippen LogP contribution is 2.47. The Morgan fingerprint density at radius 3 is 2.06 bits per heavy atom.